The smallest absolute Gasteiger partial charge is 0.255 e. The molecule has 2 aromatic carbocycles. The second-order valence-electron chi connectivity index (χ2n) is 3.77. The number of nitrogens with two attached hydrogens (primary N) is 1. The van der Waals surface area contributed by atoms with Gasteiger partial charge in [-0.1, -0.05) is 42.5 Å². The first-order valence-electron chi connectivity index (χ1n) is 5.43. The van der Waals surface area contributed by atoms with E-state index in [9.17, 15) is 4.79 Å². The molecule has 0 fully saturated rings. The highest BCUT2D eigenvalue weighted by Crippen LogP contribution is 2.12. The maximum absolute atomic E-state index is 11.9. The van der Waals surface area contributed by atoms with Crippen molar-refractivity contribution in [3.05, 3.63) is 65.7 Å². The zero-order chi connectivity index (χ0) is 13.0. The molecule has 0 aliphatic carbocycles. The van der Waals surface area contributed by atoms with Crippen molar-refractivity contribution in [2.24, 2.45) is 5.73 Å². The number of hydrogen-bond acceptors (Lipinski definition) is 2. The van der Waals surface area contributed by atoms with Crippen LogP contribution in [0.5, 0.6) is 0 Å². The molecule has 0 atom stereocenters. The Bertz CT molecular complexity index is 581. The minimum absolute atomic E-state index is 0.157. The second kappa shape index (κ2) is 5.42. The minimum Gasteiger partial charge on any atom is -0.389 e. The number of nitrogens with one attached hydrogen (secondary N) is 1. The van der Waals surface area contributed by atoms with Crippen molar-refractivity contribution in [2.75, 3.05) is 5.32 Å². The molecule has 2 rings (SSSR count). The van der Waals surface area contributed by atoms with Gasteiger partial charge in [0, 0.05) is 16.8 Å². The Morgan fingerprint density at radius 3 is 2.33 bits per heavy atom. The summed E-state index contributed by atoms with van der Waals surface area (Å²) in [7, 11) is 0. The first-order chi connectivity index (χ1) is 8.66. The topological polar surface area (TPSA) is 55.1 Å². The number of carbonyl (C=O) groups excluding carboxylic acids is 1. The van der Waals surface area contributed by atoms with Gasteiger partial charge in [0.2, 0.25) is 0 Å². The molecule has 3 nitrogen and oxygen atoms in total. The van der Waals surface area contributed by atoms with Gasteiger partial charge < -0.3 is 11.1 Å². The lowest BCUT2D eigenvalue weighted by atomic mass is 10.2. The van der Waals surface area contributed by atoms with Crippen LogP contribution in [0, 0.1) is 0 Å². The van der Waals surface area contributed by atoms with Crippen molar-refractivity contribution in [2.45, 2.75) is 0 Å². The molecule has 4 heteroatoms. The standard InChI is InChI=1S/C14H12N2OS/c15-13(18)11-7-4-8-12(9-11)16-14(17)10-5-2-1-3-6-10/h1-9H,(H2,15,18)(H,16,17). The molecule has 3 N–H and O–H groups in total. The Labute approximate surface area is 111 Å². The number of carbonyl (C=O) groups is 1. The predicted octanol–water partition coefficient (Wildman–Crippen LogP) is 2.57. The Balaban J connectivity index is 2.17. The van der Waals surface area contributed by atoms with Crippen molar-refractivity contribution in [1.29, 1.82) is 0 Å². The summed E-state index contributed by atoms with van der Waals surface area (Å²) in [6, 6.07) is 16.2. The first-order valence-corrected chi connectivity index (χ1v) is 5.84. The van der Waals surface area contributed by atoms with Crippen LogP contribution in [0.2, 0.25) is 0 Å². The lowest BCUT2D eigenvalue weighted by molar-refractivity contribution is 0.102. The number of rotatable bonds is 3. The van der Waals surface area contributed by atoms with Crippen LogP contribution >= 0.6 is 12.2 Å². The number of thiocarbonyl (C=S) groups is 1. The normalized spacial score (nSPS) is 9.78. The van der Waals surface area contributed by atoms with Gasteiger partial charge in [-0.2, -0.15) is 0 Å². The molecule has 90 valence electrons. The van der Waals surface area contributed by atoms with Crippen LogP contribution in [0.15, 0.2) is 54.6 Å². The fourth-order valence-electron chi connectivity index (χ4n) is 1.54. The second-order valence-corrected chi connectivity index (χ2v) is 4.21. The van der Waals surface area contributed by atoms with Crippen molar-refractivity contribution in [1.82, 2.24) is 0 Å². The number of amides is 1. The molecule has 0 aliphatic rings. The van der Waals surface area contributed by atoms with Gasteiger partial charge in [0.15, 0.2) is 0 Å². The third-order valence-electron chi connectivity index (χ3n) is 2.44. The SMILES string of the molecule is NC(=S)c1cccc(NC(=O)c2ccccc2)c1. The van der Waals surface area contributed by atoms with Crippen LogP contribution < -0.4 is 11.1 Å². The Hall–Kier alpha value is -2.20. The third kappa shape index (κ3) is 2.93. The Morgan fingerprint density at radius 1 is 1.00 bits per heavy atom. The zero-order valence-electron chi connectivity index (χ0n) is 9.59. The molecular weight excluding hydrogens is 244 g/mol. The van der Waals surface area contributed by atoms with E-state index in [0.717, 1.165) is 5.56 Å². The highest BCUT2D eigenvalue weighted by molar-refractivity contribution is 7.80. The van der Waals surface area contributed by atoms with Crippen molar-refractivity contribution in [3.63, 3.8) is 0 Å². The molecule has 0 aromatic heterocycles. The lowest BCUT2D eigenvalue weighted by Crippen LogP contribution is -2.13. The van der Waals surface area contributed by atoms with Gasteiger partial charge in [-0.3, -0.25) is 4.79 Å². The average Bonchev–Trinajstić information content (AvgIpc) is 2.40. The Morgan fingerprint density at radius 2 is 1.67 bits per heavy atom. The van der Waals surface area contributed by atoms with Crippen LogP contribution in [0.3, 0.4) is 0 Å². The van der Waals surface area contributed by atoms with E-state index in [4.69, 9.17) is 18.0 Å². The van der Waals surface area contributed by atoms with Crippen LogP contribution in [0.25, 0.3) is 0 Å². The van der Waals surface area contributed by atoms with E-state index < -0.39 is 0 Å². The maximum atomic E-state index is 11.9. The van der Waals surface area contributed by atoms with Gasteiger partial charge >= 0.3 is 0 Å². The summed E-state index contributed by atoms with van der Waals surface area (Å²) >= 11 is 4.89. The molecule has 0 heterocycles. The van der Waals surface area contributed by atoms with Crippen LogP contribution in [-0.4, -0.2) is 10.9 Å². The molecule has 0 unspecified atom stereocenters. The molecule has 0 radical (unpaired) electrons. The van der Waals surface area contributed by atoms with E-state index in [1.54, 1.807) is 36.4 Å². The summed E-state index contributed by atoms with van der Waals surface area (Å²) in [5, 5.41) is 2.80. The number of benzene rings is 2. The van der Waals surface area contributed by atoms with Gasteiger partial charge in [0.1, 0.15) is 4.99 Å². The van der Waals surface area contributed by atoms with Crippen molar-refractivity contribution in [3.8, 4) is 0 Å². The van der Waals surface area contributed by atoms with Gasteiger partial charge in [0.05, 0.1) is 0 Å². The van der Waals surface area contributed by atoms with Crippen molar-refractivity contribution < 1.29 is 4.79 Å². The van der Waals surface area contributed by atoms with E-state index in [1.165, 1.54) is 0 Å². The molecule has 0 saturated carbocycles. The van der Waals surface area contributed by atoms with Crippen LogP contribution in [0.1, 0.15) is 15.9 Å². The average molecular weight is 256 g/mol. The van der Waals surface area contributed by atoms with E-state index in [-0.39, 0.29) is 5.91 Å². The predicted molar refractivity (Wildman–Crippen MR) is 76.7 cm³/mol. The number of anilines is 1. The summed E-state index contributed by atoms with van der Waals surface area (Å²) in [4.78, 5) is 12.2. The summed E-state index contributed by atoms with van der Waals surface area (Å²) < 4.78 is 0. The largest absolute Gasteiger partial charge is 0.389 e. The molecule has 0 spiro atoms. The monoisotopic (exact) mass is 256 g/mol. The fourth-order valence-corrected chi connectivity index (χ4v) is 1.67. The minimum atomic E-state index is -0.157. The van der Waals surface area contributed by atoms with Gasteiger partial charge in [-0.15, -0.1) is 0 Å². The summed E-state index contributed by atoms with van der Waals surface area (Å²) in [5.74, 6) is -0.157. The van der Waals surface area contributed by atoms with Gasteiger partial charge in [-0.05, 0) is 24.3 Å². The Kier molecular flexibility index (Phi) is 3.69. The van der Waals surface area contributed by atoms with E-state index in [0.29, 0.717) is 16.2 Å². The molecular formula is C14H12N2OS. The quantitative estimate of drug-likeness (QED) is 0.830. The first kappa shape index (κ1) is 12.3. The van der Waals surface area contributed by atoms with E-state index >= 15 is 0 Å². The molecule has 2 aromatic rings. The van der Waals surface area contributed by atoms with Crippen LogP contribution in [0.4, 0.5) is 5.69 Å². The molecule has 0 aliphatic heterocycles. The molecule has 0 saturated heterocycles. The van der Waals surface area contributed by atoms with Crippen molar-refractivity contribution >= 4 is 28.8 Å². The highest BCUT2D eigenvalue weighted by Gasteiger charge is 2.05. The number of hydrogen-bond donors (Lipinski definition) is 2. The lowest BCUT2D eigenvalue weighted by Gasteiger charge is -2.06. The molecule has 0 bridgehead atoms. The highest BCUT2D eigenvalue weighted by atomic mass is 32.1. The fraction of sp³-hybridized carbons (Fsp3) is 0. The summed E-state index contributed by atoms with van der Waals surface area (Å²) in [5.41, 5.74) is 7.56. The van der Waals surface area contributed by atoms with E-state index in [1.807, 2.05) is 18.2 Å². The van der Waals surface area contributed by atoms with Gasteiger partial charge in [0.25, 0.3) is 5.91 Å². The third-order valence-corrected chi connectivity index (χ3v) is 2.68. The summed E-state index contributed by atoms with van der Waals surface area (Å²) in [6.45, 7) is 0. The molecule has 18 heavy (non-hydrogen) atoms. The van der Waals surface area contributed by atoms with Gasteiger partial charge in [-0.25, -0.2) is 0 Å². The summed E-state index contributed by atoms with van der Waals surface area (Å²) in [6.07, 6.45) is 0. The maximum Gasteiger partial charge on any atom is 0.255 e. The van der Waals surface area contributed by atoms with E-state index in [2.05, 4.69) is 5.32 Å². The zero-order valence-corrected chi connectivity index (χ0v) is 10.4. The molecule has 1 amide bonds. The van der Waals surface area contributed by atoms with Crippen LogP contribution in [-0.2, 0) is 0 Å².